The molecule has 2 aromatic carbocycles. The van der Waals surface area contributed by atoms with Gasteiger partial charge in [0.15, 0.2) is 6.61 Å². The van der Waals surface area contributed by atoms with Gasteiger partial charge in [0, 0.05) is 31.3 Å². The number of carbonyl (C=O) groups is 1. The van der Waals surface area contributed by atoms with E-state index in [1.165, 1.54) is 29.2 Å². The summed E-state index contributed by atoms with van der Waals surface area (Å²) < 4.78 is 10.6. The number of carbonyl (C=O) groups excluding carboxylic acids is 1. The Morgan fingerprint density at radius 2 is 1.83 bits per heavy atom. The smallest absolute Gasteiger partial charge is 0.269 e. The molecule has 0 saturated heterocycles. The number of rotatable bonds is 7. The Balaban J connectivity index is 1.90. The van der Waals surface area contributed by atoms with E-state index in [1.54, 1.807) is 14.2 Å². The summed E-state index contributed by atoms with van der Waals surface area (Å²) >= 11 is 0. The Labute approximate surface area is 139 Å². The highest BCUT2D eigenvalue weighted by Gasteiger charge is 2.13. The molecule has 24 heavy (non-hydrogen) atoms. The molecular formula is C17H18N2O5. The van der Waals surface area contributed by atoms with Crippen LogP contribution in [0.25, 0.3) is 0 Å². The lowest BCUT2D eigenvalue weighted by atomic mass is 10.2. The fourth-order valence-electron chi connectivity index (χ4n) is 2.10. The summed E-state index contributed by atoms with van der Waals surface area (Å²) in [6.45, 7) is 0.246. The minimum atomic E-state index is -0.490. The van der Waals surface area contributed by atoms with Crippen LogP contribution in [-0.4, -0.2) is 36.5 Å². The lowest BCUT2D eigenvalue weighted by molar-refractivity contribution is -0.384. The van der Waals surface area contributed by atoms with E-state index in [9.17, 15) is 14.9 Å². The number of non-ortho nitro benzene ring substituents is 1. The zero-order valence-corrected chi connectivity index (χ0v) is 13.5. The van der Waals surface area contributed by atoms with Crippen molar-refractivity contribution in [2.75, 3.05) is 20.8 Å². The Morgan fingerprint density at radius 3 is 2.46 bits per heavy atom. The van der Waals surface area contributed by atoms with Crippen LogP contribution in [-0.2, 0) is 11.3 Å². The van der Waals surface area contributed by atoms with Crippen LogP contribution < -0.4 is 9.47 Å². The minimum absolute atomic E-state index is 0.0260. The van der Waals surface area contributed by atoms with E-state index >= 15 is 0 Å². The number of para-hydroxylation sites is 1. The van der Waals surface area contributed by atoms with Crippen LogP contribution in [0.15, 0.2) is 48.5 Å². The Hall–Kier alpha value is -3.09. The number of nitro groups is 1. The second kappa shape index (κ2) is 7.96. The minimum Gasteiger partial charge on any atom is -0.496 e. The molecule has 7 nitrogen and oxygen atoms in total. The molecule has 0 unspecified atom stereocenters. The molecule has 0 aliphatic carbocycles. The summed E-state index contributed by atoms with van der Waals surface area (Å²) in [5, 5.41) is 10.6. The van der Waals surface area contributed by atoms with Crippen LogP contribution in [0, 0.1) is 10.1 Å². The maximum Gasteiger partial charge on any atom is 0.269 e. The van der Waals surface area contributed by atoms with Crippen LogP contribution in [0.4, 0.5) is 5.69 Å². The first-order valence-electron chi connectivity index (χ1n) is 7.24. The van der Waals surface area contributed by atoms with E-state index in [4.69, 9.17) is 9.47 Å². The third-order valence-electron chi connectivity index (χ3n) is 3.44. The lowest BCUT2D eigenvalue weighted by Crippen LogP contribution is -2.31. The van der Waals surface area contributed by atoms with Gasteiger partial charge in [-0.05, 0) is 18.2 Å². The Morgan fingerprint density at radius 1 is 1.17 bits per heavy atom. The van der Waals surface area contributed by atoms with E-state index in [2.05, 4.69) is 0 Å². The average Bonchev–Trinajstić information content (AvgIpc) is 2.60. The molecule has 2 aromatic rings. The van der Waals surface area contributed by atoms with Gasteiger partial charge < -0.3 is 14.4 Å². The summed E-state index contributed by atoms with van der Waals surface area (Å²) in [7, 11) is 3.26. The van der Waals surface area contributed by atoms with Crippen molar-refractivity contribution in [2.24, 2.45) is 0 Å². The van der Waals surface area contributed by atoms with Crippen LogP contribution in [0.5, 0.6) is 11.5 Å². The third-order valence-corrected chi connectivity index (χ3v) is 3.44. The first-order chi connectivity index (χ1) is 11.5. The Bertz CT molecular complexity index is 715. The van der Waals surface area contributed by atoms with Crippen molar-refractivity contribution < 1.29 is 19.2 Å². The number of ether oxygens (including phenoxy) is 2. The summed E-state index contributed by atoms with van der Waals surface area (Å²) in [6, 6.07) is 13.1. The Kier molecular flexibility index (Phi) is 5.73. The molecule has 2 rings (SSSR count). The predicted octanol–water partition coefficient (Wildman–Crippen LogP) is 2.64. The van der Waals surface area contributed by atoms with Gasteiger partial charge in [-0.25, -0.2) is 0 Å². The molecular weight excluding hydrogens is 312 g/mol. The number of hydrogen-bond donors (Lipinski definition) is 0. The topological polar surface area (TPSA) is 81.9 Å². The van der Waals surface area contributed by atoms with Crippen LogP contribution in [0.2, 0.25) is 0 Å². The molecule has 0 bridgehead atoms. The van der Waals surface area contributed by atoms with Gasteiger partial charge in [0.05, 0.1) is 12.0 Å². The van der Waals surface area contributed by atoms with Gasteiger partial charge in [-0.2, -0.15) is 0 Å². The number of benzene rings is 2. The van der Waals surface area contributed by atoms with Crippen molar-refractivity contribution in [1.82, 2.24) is 4.90 Å². The maximum absolute atomic E-state index is 12.1. The number of hydrogen-bond acceptors (Lipinski definition) is 5. The molecule has 126 valence electrons. The van der Waals surface area contributed by atoms with E-state index in [0.29, 0.717) is 18.0 Å². The van der Waals surface area contributed by atoms with Crippen molar-refractivity contribution in [3.05, 3.63) is 64.2 Å². The second-order valence-electron chi connectivity index (χ2n) is 5.10. The average molecular weight is 330 g/mol. The predicted molar refractivity (Wildman–Crippen MR) is 88.1 cm³/mol. The van der Waals surface area contributed by atoms with Crippen LogP contribution in [0.1, 0.15) is 5.56 Å². The molecule has 0 radical (unpaired) electrons. The van der Waals surface area contributed by atoms with E-state index in [1.807, 2.05) is 24.3 Å². The molecule has 0 aliphatic rings. The first kappa shape index (κ1) is 17.3. The molecule has 0 N–H and O–H groups in total. The van der Waals surface area contributed by atoms with E-state index < -0.39 is 4.92 Å². The molecule has 0 fully saturated rings. The zero-order chi connectivity index (χ0) is 17.5. The molecule has 0 spiro atoms. The number of nitro benzene ring substituents is 1. The van der Waals surface area contributed by atoms with E-state index in [-0.39, 0.29) is 18.2 Å². The highest BCUT2D eigenvalue weighted by atomic mass is 16.6. The van der Waals surface area contributed by atoms with Gasteiger partial charge in [0.1, 0.15) is 11.5 Å². The number of likely N-dealkylation sites (N-methyl/N-ethyl adjacent to an activating group) is 1. The number of nitrogens with zero attached hydrogens (tertiary/aromatic N) is 2. The van der Waals surface area contributed by atoms with Crippen molar-refractivity contribution >= 4 is 11.6 Å². The molecule has 7 heteroatoms. The first-order valence-corrected chi connectivity index (χ1v) is 7.24. The van der Waals surface area contributed by atoms with Gasteiger partial charge in [0.25, 0.3) is 11.6 Å². The molecule has 0 heterocycles. The van der Waals surface area contributed by atoms with Gasteiger partial charge >= 0.3 is 0 Å². The lowest BCUT2D eigenvalue weighted by Gasteiger charge is -2.19. The normalized spacial score (nSPS) is 10.1. The molecule has 0 atom stereocenters. The summed E-state index contributed by atoms with van der Waals surface area (Å²) in [6.07, 6.45) is 0. The van der Waals surface area contributed by atoms with Gasteiger partial charge in [-0.3, -0.25) is 14.9 Å². The fraction of sp³-hybridized carbons (Fsp3) is 0.235. The zero-order valence-electron chi connectivity index (χ0n) is 13.5. The molecule has 1 amide bonds. The van der Waals surface area contributed by atoms with Crippen molar-refractivity contribution in [3.63, 3.8) is 0 Å². The summed E-state index contributed by atoms with van der Waals surface area (Å²) in [5.41, 5.74) is 0.869. The van der Waals surface area contributed by atoms with Gasteiger partial charge in [-0.1, -0.05) is 18.2 Å². The quantitative estimate of drug-likeness (QED) is 0.576. The molecule has 0 saturated carbocycles. The SMILES string of the molecule is COc1ccccc1CN(C)C(=O)COc1ccc([N+](=O)[O-])cc1. The standard InChI is InChI=1S/C17H18N2O5/c1-18(11-13-5-3-4-6-16(13)23-2)17(20)12-24-15-9-7-14(8-10-15)19(21)22/h3-10H,11-12H2,1-2H3. The molecule has 0 aromatic heterocycles. The van der Waals surface area contributed by atoms with Crippen molar-refractivity contribution in [2.45, 2.75) is 6.54 Å². The fourth-order valence-corrected chi connectivity index (χ4v) is 2.10. The second-order valence-corrected chi connectivity index (χ2v) is 5.10. The summed E-state index contributed by atoms with van der Waals surface area (Å²) in [4.78, 5) is 23.8. The maximum atomic E-state index is 12.1. The van der Waals surface area contributed by atoms with E-state index in [0.717, 1.165) is 5.56 Å². The van der Waals surface area contributed by atoms with Gasteiger partial charge in [-0.15, -0.1) is 0 Å². The van der Waals surface area contributed by atoms with Crippen molar-refractivity contribution in [3.8, 4) is 11.5 Å². The van der Waals surface area contributed by atoms with Crippen LogP contribution >= 0.6 is 0 Å². The highest BCUT2D eigenvalue weighted by Crippen LogP contribution is 2.19. The largest absolute Gasteiger partial charge is 0.496 e. The van der Waals surface area contributed by atoms with Crippen molar-refractivity contribution in [1.29, 1.82) is 0 Å². The highest BCUT2D eigenvalue weighted by molar-refractivity contribution is 5.77. The number of amides is 1. The summed E-state index contributed by atoms with van der Waals surface area (Å²) in [5.74, 6) is 0.910. The third kappa shape index (κ3) is 4.45. The number of methoxy groups -OCH3 is 1. The van der Waals surface area contributed by atoms with Crippen LogP contribution in [0.3, 0.4) is 0 Å². The molecule has 0 aliphatic heterocycles. The van der Waals surface area contributed by atoms with Gasteiger partial charge in [0.2, 0.25) is 0 Å². The monoisotopic (exact) mass is 330 g/mol.